The number of hydrogen-bond acceptors (Lipinski definition) is 8. The van der Waals surface area contributed by atoms with E-state index in [1.807, 2.05) is 0 Å². The molecule has 1 atom stereocenters. The Labute approximate surface area is 595 Å². The van der Waals surface area contributed by atoms with Gasteiger partial charge in [0.1, 0.15) is 0 Å². The van der Waals surface area contributed by atoms with Gasteiger partial charge < -0.3 is 39.2 Å². The van der Waals surface area contributed by atoms with E-state index in [1.54, 1.807) is 0 Å². The van der Waals surface area contributed by atoms with Crippen LogP contribution in [-0.4, -0.2) is 24.2 Å². The average molecular weight is 1310 g/mol. The summed E-state index contributed by atoms with van der Waals surface area (Å²) in [5, 5.41) is 0. The van der Waals surface area contributed by atoms with Gasteiger partial charge in [0, 0.05) is 22.7 Å². The van der Waals surface area contributed by atoms with Gasteiger partial charge in [-0.3, -0.25) is 0 Å². The minimum atomic E-state index is -0.999. The molecule has 102 heavy (non-hydrogen) atoms. The van der Waals surface area contributed by atoms with E-state index < -0.39 is 5.41 Å². The number of hydrogen-bond donors (Lipinski definition) is 0. The first-order valence-electron chi connectivity index (χ1n) is 35.6. The molecule has 8 heteroatoms. The van der Waals surface area contributed by atoms with Crippen LogP contribution in [0.5, 0.6) is 0 Å². The first-order valence-corrected chi connectivity index (χ1v) is 35.6. The van der Waals surface area contributed by atoms with Crippen LogP contribution in [0.1, 0.15) is 29.2 Å². The van der Waals surface area contributed by atoms with Crippen molar-refractivity contribution in [3.05, 3.63) is 398 Å². The third-order valence-electron chi connectivity index (χ3n) is 22.1. The molecule has 8 nitrogen and oxygen atoms in total. The van der Waals surface area contributed by atoms with Crippen molar-refractivity contribution in [2.75, 3.05) is 39.2 Å². The number of fused-ring (bicyclic) bond motifs is 11. The lowest BCUT2D eigenvalue weighted by Gasteiger charge is -2.45. The standard InChI is InChI=1S/C94H68N8/c1-63-54-55-69(56-63)98-84-44-18-26-52-92(84)102(93-53-27-19-45-85(93)98)73-60-65(59-72(62-73)101-90-50-24-16-42-82(90)97(68-32-6-7-33-68)83-43-17-25-51-91(83)101)94(76-36-10-8-34-74(76)75-35-9-11-37-77(75)94)64-57-70(99-86-46-20-12-38-78(86)95(66-28-2-3-29-66)79-39-13-21-47-87(79)99)61-71(58-64)100-88-48-22-14-40-80(88)96(67-30-4-5-31-67)81-41-15-23-49-89(81)100/h2-62,66-69H,1H3. The quantitative estimate of drug-likeness (QED) is 0.134. The highest BCUT2D eigenvalue weighted by atomic mass is 15.3. The van der Waals surface area contributed by atoms with Crippen molar-refractivity contribution < 1.29 is 0 Å². The predicted octanol–water partition coefficient (Wildman–Crippen LogP) is 24.1. The van der Waals surface area contributed by atoms with Crippen LogP contribution in [0.2, 0.25) is 0 Å². The van der Waals surface area contributed by atoms with Crippen molar-refractivity contribution in [3.8, 4) is 11.1 Å². The largest absolute Gasteiger partial charge is 0.327 e. The first-order chi connectivity index (χ1) is 50.5. The predicted molar refractivity (Wildman–Crippen MR) is 424 cm³/mol. The second-order valence-corrected chi connectivity index (χ2v) is 27.6. The molecule has 0 aromatic heterocycles. The van der Waals surface area contributed by atoms with Crippen molar-refractivity contribution in [2.45, 2.75) is 36.5 Å². The fourth-order valence-corrected chi connectivity index (χ4v) is 18.0. The lowest BCUT2D eigenvalue weighted by molar-refractivity contribution is 0.768. The Morgan fingerprint density at radius 2 is 0.461 bits per heavy atom. The minimum Gasteiger partial charge on any atom is -0.327 e. The Kier molecular flexibility index (Phi) is 12.9. The van der Waals surface area contributed by atoms with Crippen LogP contribution in [0.25, 0.3) is 11.1 Å². The number of rotatable bonds is 10. The molecule has 1 unspecified atom stereocenters. The molecule has 0 amide bonds. The van der Waals surface area contributed by atoms with E-state index in [9.17, 15) is 0 Å². The molecular formula is C94H68N8. The third kappa shape index (κ3) is 8.50. The second kappa shape index (κ2) is 22.8. The highest BCUT2D eigenvalue weighted by Crippen LogP contribution is 2.64. The SMILES string of the molecule is CC1=CC(N2c3ccccc3N(c3cc(N4c5ccccc5N(C5C=CC=C5)c5ccccc54)cc(C4(c5cc(N6c7ccccc7N(C7C=CC=C7)c7ccccc76)cc(N6c7ccccc7N(C7C=CC=C7)c7ccccc76)c5)c5ccccc5-c5ccccc54)c3)c3ccccc32)C=C1. The lowest BCUT2D eigenvalue weighted by Crippen LogP contribution is -2.35. The highest BCUT2D eigenvalue weighted by molar-refractivity contribution is 6.06. The summed E-state index contributed by atoms with van der Waals surface area (Å²) in [5.74, 6) is 0. The zero-order chi connectivity index (χ0) is 67.2. The smallest absolute Gasteiger partial charge is 0.0716 e. The van der Waals surface area contributed by atoms with E-state index in [-0.39, 0.29) is 24.2 Å². The molecule has 0 bridgehead atoms. The molecule has 0 fully saturated rings. The molecule has 9 aliphatic rings. The normalized spacial score (nSPS) is 17.3. The van der Waals surface area contributed by atoms with Crippen molar-refractivity contribution in [3.63, 3.8) is 0 Å². The van der Waals surface area contributed by atoms with Gasteiger partial charge in [-0.15, -0.1) is 0 Å². The molecular weight excluding hydrogens is 1240 g/mol. The van der Waals surface area contributed by atoms with Gasteiger partial charge in [-0.25, -0.2) is 0 Å². The van der Waals surface area contributed by atoms with Gasteiger partial charge in [0.2, 0.25) is 0 Å². The van der Waals surface area contributed by atoms with E-state index in [0.717, 1.165) is 125 Å². The monoisotopic (exact) mass is 1310 g/mol. The molecule has 4 heterocycles. The van der Waals surface area contributed by atoms with Gasteiger partial charge in [-0.05, 0) is 174 Å². The Bertz CT molecular complexity index is 5350. The Morgan fingerprint density at radius 3 is 0.706 bits per heavy atom. The van der Waals surface area contributed by atoms with Gasteiger partial charge in [0.25, 0.3) is 0 Å². The van der Waals surface area contributed by atoms with E-state index in [2.05, 4.69) is 416 Å². The van der Waals surface area contributed by atoms with E-state index >= 15 is 0 Å². The van der Waals surface area contributed by atoms with Crippen molar-refractivity contribution in [2.24, 2.45) is 0 Å². The fraction of sp³-hybridized carbons (Fsp3) is 0.0638. The minimum absolute atomic E-state index is 0.0259. The molecule has 4 aliphatic heterocycles. The summed E-state index contributed by atoms with van der Waals surface area (Å²) in [6, 6.07) is 106. The maximum absolute atomic E-state index is 2.55. The molecule has 12 aromatic carbocycles. The Hall–Kier alpha value is -13.0. The van der Waals surface area contributed by atoms with Crippen molar-refractivity contribution >= 4 is 114 Å². The zero-order valence-electron chi connectivity index (χ0n) is 56.1. The summed E-state index contributed by atoms with van der Waals surface area (Å²) in [7, 11) is 0. The number of allylic oxidation sites excluding steroid dienone is 8. The summed E-state index contributed by atoms with van der Waals surface area (Å²) in [4.78, 5) is 20.3. The third-order valence-corrected chi connectivity index (χ3v) is 22.1. The highest BCUT2D eigenvalue weighted by Gasteiger charge is 2.49. The zero-order valence-corrected chi connectivity index (χ0v) is 56.1. The summed E-state index contributed by atoms with van der Waals surface area (Å²) in [6.45, 7) is 2.21. The average Bonchev–Trinajstić information content (AvgIpc) is 1.31. The van der Waals surface area contributed by atoms with E-state index in [0.29, 0.717) is 0 Å². The lowest BCUT2D eigenvalue weighted by atomic mass is 9.67. The Morgan fingerprint density at radius 1 is 0.235 bits per heavy atom. The van der Waals surface area contributed by atoms with Crippen LogP contribution in [0.4, 0.5) is 114 Å². The van der Waals surface area contributed by atoms with E-state index in [1.165, 1.54) is 27.8 Å². The molecule has 21 rings (SSSR count). The summed E-state index contributed by atoms with van der Waals surface area (Å²) in [6.07, 6.45) is 33.9. The number of anilines is 20. The number of para-hydroxylation sites is 16. The van der Waals surface area contributed by atoms with Gasteiger partial charge in [0.05, 0.1) is 121 Å². The fourth-order valence-electron chi connectivity index (χ4n) is 18.0. The summed E-state index contributed by atoms with van der Waals surface area (Å²) < 4.78 is 0. The maximum atomic E-state index is 2.55. The molecule has 0 saturated carbocycles. The molecule has 0 N–H and O–H groups in total. The molecule has 0 saturated heterocycles. The van der Waals surface area contributed by atoms with Crippen LogP contribution in [0.15, 0.2) is 376 Å². The molecule has 5 aliphatic carbocycles. The van der Waals surface area contributed by atoms with Crippen LogP contribution in [0, 0.1) is 0 Å². The maximum Gasteiger partial charge on any atom is 0.0716 e. The first kappa shape index (κ1) is 58.0. The van der Waals surface area contributed by atoms with Gasteiger partial charge in [-0.2, -0.15) is 0 Å². The number of nitrogens with zero attached hydrogens (tertiary/aromatic N) is 8. The molecule has 484 valence electrons. The van der Waals surface area contributed by atoms with Crippen molar-refractivity contribution in [1.82, 2.24) is 0 Å². The second-order valence-electron chi connectivity index (χ2n) is 27.6. The molecule has 12 aromatic rings. The van der Waals surface area contributed by atoms with Gasteiger partial charge in [0.15, 0.2) is 0 Å². The van der Waals surface area contributed by atoms with Gasteiger partial charge >= 0.3 is 0 Å². The molecule has 0 radical (unpaired) electrons. The molecule has 0 spiro atoms. The van der Waals surface area contributed by atoms with Gasteiger partial charge in [-0.1, -0.05) is 242 Å². The summed E-state index contributed by atoms with van der Waals surface area (Å²) >= 11 is 0. The van der Waals surface area contributed by atoms with Crippen molar-refractivity contribution in [1.29, 1.82) is 0 Å². The summed E-state index contributed by atoms with van der Waals surface area (Å²) in [5.41, 5.74) is 29.3. The van der Waals surface area contributed by atoms with E-state index in [4.69, 9.17) is 0 Å². The van der Waals surface area contributed by atoms with Crippen LogP contribution >= 0.6 is 0 Å². The Balaban J connectivity index is 0.891. The van der Waals surface area contributed by atoms with Crippen LogP contribution in [-0.2, 0) is 5.41 Å². The topological polar surface area (TPSA) is 25.9 Å². The van der Waals surface area contributed by atoms with Crippen LogP contribution < -0.4 is 39.2 Å². The number of benzene rings is 12. The van der Waals surface area contributed by atoms with Crippen LogP contribution in [0.3, 0.4) is 0 Å².